The minimum atomic E-state index is -0.570. The fourth-order valence-corrected chi connectivity index (χ4v) is 1.94. The first-order chi connectivity index (χ1) is 7.18. The lowest BCUT2D eigenvalue weighted by Crippen LogP contribution is -1.85. The van der Waals surface area contributed by atoms with Crippen LogP contribution in [0.4, 0.5) is 4.39 Å². The number of phenolic OH excluding ortho intramolecular Hbond substituents is 1. The van der Waals surface area contributed by atoms with Gasteiger partial charge in [-0.05, 0) is 46.4 Å². The summed E-state index contributed by atoms with van der Waals surface area (Å²) in [4.78, 5) is 0. The number of hydrogen-bond acceptors (Lipinski definition) is 1. The van der Waals surface area contributed by atoms with E-state index in [9.17, 15) is 9.50 Å². The van der Waals surface area contributed by atoms with Crippen LogP contribution in [0.2, 0.25) is 0 Å². The third kappa shape index (κ3) is 2.12. The van der Waals surface area contributed by atoms with Gasteiger partial charge in [0.15, 0.2) is 11.6 Å². The van der Waals surface area contributed by atoms with Gasteiger partial charge >= 0.3 is 0 Å². The summed E-state index contributed by atoms with van der Waals surface area (Å²) in [6.45, 7) is 0. The monoisotopic (exact) mass is 314 g/mol. The van der Waals surface area contributed by atoms with Crippen LogP contribution in [0.3, 0.4) is 0 Å². The first-order valence-corrected chi connectivity index (χ1v) is 5.50. The van der Waals surface area contributed by atoms with Crippen molar-refractivity contribution in [3.05, 3.63) is 51.9 Å². The maximum atomic E-state index is 13.6. The predicted octanol–water partition coefficient (Wildman–Crippen LogP) is 3.80. The summed E-state index contributed by atoms with van der Waals surface area (Å²) in [6.07, 6.45) is 0. The molecule has 0 radical (unpaired) electrons. The van der Waals surface area contributed by atoms with Crippen LogP contribution in [0.25, 0.3) is 11.1 Å². The van der Waals surface area contributed by atoms with Crippen molar-refractivity contribution in [3.8, 4) is 16.9 Å². The molecule has 2 aromatic rings. The Morgan fingerprint density at radius 2 is 1.80 bits per heavy atom. The van der Waals surface area contributed by atoms with Gasteiger partial charge in [0.25, 0.3) is 0 Å². The molecule has 1 N–H and O–H groups in total. The Balaban J connectivity index is 2.59. The van der Waals surface area contributed by atoms with Gasteiger partial charge in [-0.3, -0.25) is 0 Å². The van der Waals surface area contributed by atoms with Gasteiger partial charge in [0.05, 0.1) is 0 Å². The second kappa shape index (κ2) is 4.18. The Morgan fingerprint density at radius 3 is 2.53 bits per heavy atom. The van der Waals surface area contributed by atoms with Crippen molar-refractivity contribution < 1.29 is 9.50 Å². The van der Waals surface area contributed by atoms with E-state index in [1.165, 1.54) is 6.07 Å². The highest BCUT2D eigenvalue weighted by atomic mass is 127. The van der Waals surface area contributed by atoms with E-state index in [1.54, 1.807) is 12.1 Å². The number of aromatic hydroxyl groups is 1. The molecular weight excluding hydrogens is 306 g/mol. The molecule has 0 fully saturated rings. The van der Waals surface area contributed by atoms with E-state index in [-0.39, 0.29) is 5.75 Å². The van der Waals surface area contributed by atoms with Gasteiger partial charge in [0.2, 0.25) is 0 Å². The number of halogens is 2. The summed E-state index contributed by atoms with van der Waals surface area (Å²) in [6, 6.07) is 12.1. The molecule has 3 heteroatoms. The maximum absolute atomic E-state index is 13.6. The first kappa shape index (κ1) is 10.4. The van der Waals surface area contributed by atoms with Crippen molar-refractivity contribution in [1.29, 1.82) is 0 Å². The lowest BCUT2D eigenvalue weighted by molar-refractivity contribution is 0.433. The van der Waals surface area contributed by atoms with E-state index in [4.69, 9.17) is 0 Å². The summed E-state index contributed by atoms with van der Waals surface area (Å²) in [5.41, 5.74) is 1.20. The van der Waals surface area contributed by atoms with Gasteiger partial charge in [-0.15, -0.1) is 0 Å². The molecule has 0 heterocycles. The minimum Gasteiger partial charge on any atom is -0.505 e. The van der Waals surface area contributed by atoms with Crippen LogP contribution in [0, 0.1) is 9.39 Å². The summed E-state index contributed by atoms with van der Waals surface area (Å²) < 4.78 is 14.6. The Labute approximate surface area is 101 Å². The molecule has 0 saturated carbocycles. The van der Waals surface area contributed by atoms with Crippen molar-refractivity contribution in [2.45, 2.75) is 0 Å². The number of hydrogen-bond donors (Lipinski definition) is 1. The molecule has 2 aromatic carbocycles. The van der Waals surface area contributed by atoms with Crippen molar-refractivity contribution in [2.24, 2.45) is 0 Å². The predicted molar refractivity (Wildman–Crippen MR) is 66.2 cm³/mol. The Hall–Kier alpha value is -1.10. The van der Waals surface area contributed by atoms with Crippen molar-refractivity contribution in [2.75, 3.05) is 0 Å². The lowest BCUT2D eigenvalue weighted by atomic mass is 10.1. The molecule has 0 spiro atoms. The Bertz CT molecular complexity index is 497. The van der Waals surface area contributed by atoms with Crippen LogP contribution < -0.4 is 0 Å². The highest BCUT2D eigenvalue weighted by Gasteiger charge is 2.08. The molecule has 0 saturated heterocycles. The standard InChI is InChI=1S/C12H8FIO/c13-12-10(5-2-6-11(12)15)8-3-1-4-9(14)7-8/h1-7,15H. The average molecular weight is 314 g/mol. The fourth-order valence-electron chi connectivity index (χ4n) is 1.40. The molecular formula is C12H8FIO. The van der Waals surface area contributed by atoms with Crippen LogP contribution in [-0.4, -0.2) is 5.11 Å². The van der Waals surface area contributed by atoms with Crippen LogP contribution in [0.5, 0.6) is 5.75 Å². The average Bonchev–Trinajstić information content (AvgIpc) is 2.22. The quantitative estimate of drug-likeness (QED) is 0.794. The zero-order valence-corrected chi connectivity index (χ0v) is 9.90. The Kier molecular flexibility index (Phi) is 2.90. The Morgan fingerprint density at radius 1 is 1.07 bits per heavy atom. The van der Waals surface area contributed by atoms with Crippen LogP contribution in [0.1, 0.15) is 0 Å². The molecule has 0 unspecified atom stereocenters. The van der Waals surface area contributed by atoms with Gasteiger partial charge in [-0.2, -0.15) is 0 Å². The largest absolute Gasteiger partial charge is 0.505 e. The van der Waals surface area contributed by atoms with E-state index in [1.807, 2.05) is 24.3 Å². The number of rotatable bonds is 1. The zero-order valence-electron chi connectivity index (χ0n) is 7.74. The molecule has 15 heavy (non-hydrogen) atoms. The molecule has 0 atom stereocenters. The second-order valence-electron chi connectivity index (χ2n) is 3.15. The van der Waals surface area contributed by atoms with E-state index in [0.717, 1.165) is 9.13 Å². The summed E-state index contributed by atoms with van der Waals surface area (Å²) in [5.74, 6) is -0.883. The lowest BCUT2D eigenvalue weighted by Gasteiger charge is -2.04. The van der Waals surface area contributed by atoms with Crippen molar-refractivity contribution >= 4 is 22.6 Å². The van der Waals surface area contributed by atoms with Gasteiger partial charge in [-0.1, -0.05) is 24.3 Å². The molecule has 76 valence electrons. The molecule has 0 aromatic heterocycles. The van der Waals surface area contributed by atoms with Crippen LogP contribution in [0.15, 0.2) is 42.5 Å². The topological polar surface area (TPSA) is 20.2 Å². The number of phenols is 1. The first-order valence-electron chi connectivity index (χ1n) is 4.42. The van der Waals surface area contributed by atoms with Crippen molar-refractivity contribution in [3.63, 3.8) is 0 Å². The zero-order chi connectivity index (χ0) is 10.8. The molecule has 0 aliphatic carbocycles. The molecule has 1 nitrogen and oxygen atoms in total. The summed E-state index contributed by atoms with van der Waals surface area (Å²) in [7, 11) is 0. The third-order valence-electron chi connectivity index (χ3n) is 2.11. The molecule has 2 rings (SSSR count). The third-order valence-corrected chi connectivity index (χ3v) is 2.78. The molecule has 0 aliphatic rings. The SMILES string of the molecule is Oc1cccc(-c2cccc(I)c2)c1F. The van der Waals surface area contributed by atoms with Gasteiger partial charge < -0.3 is 5.11 Å². The van der Waals surface area contributed by atoms with Gasteiger partial charge in [-0.25, -0.2) is 4.39 Å². The smallest absolute Gasteiger partial charge is 0.172 e. The summed E-state index contributed by atoms with van der Waals surface area (Å²) >= 11 is 2.17. The van der Waals surface area contributed by atoms with Crippen LogP contribution in [-0.2, 0) is 0 Å². The highest BCUT2D eigenvalue weighted by molar-refractivity contribution is 14.1. The molecule has 0 aliphatic heterocycles. The number of benzene rings is 2. The van der Waals surface area contributed by atoms with Crippen molar-refractivity contribution in [1.82, 2.24) is 0 Å². The van der Waals surface area contributed by atoms with Crippen LogP contribution >= 0.6 is 22.6 Å². The fraction of sp³-hybridized carbons (Fsp3) is 0. The minimum absolute atomic E-state index is 0.314. The molecule has 0 amide bonds. The van der Waals surface area contributed by atoms with E-state index >= 15 is 0 Å². The van der Waals surface area contributed by atoms with Gasteiger partial charge in [0, 0.05) is 9.13 Å². The maximum Gasteiger partial charge on any atom is 0.172 e. The second-order valence-corrected chi connectivity index (χ2v) is 4.39. The normalized spacial score (nSPS) is 10.3. The summed E-state index contributed by atoms with van der Waals surface area (Å²) in [5, 5.41) is 9.25. The van der Waals surface area contributed by atoms with E-state index in [0.29, 0.717) is 5.56 Å². The molecule has 0 bridgehead atoms. The van der Waals surface area contributed by atoms with E-state index in [2.05, 4.69) is 22.6 Å². The van der Waals surface area contributed by atoms with Gasteiger partial charge in [0.1, 0.15) is 0 Å². The highest BCUT2D eigenvalue weighted by Crippen LogP contribution is 2.28. The van der Waals surface area contributed by atoms with E-state index < -0.39 is 5.82 Å².